The fraction of sp³-hybridized carbons (Fsp3) is 0.476. The van der Waals surface area contributed by atoms with Gasteiger partial charge in [0.25, 0.3) is 22.2 Å². The van der Waals surface area contributed by atoms with Gasteiger partial charge < -0.3 is 38.9 Å². The van der Waals surface area contributed by atoms with Crippen molar-refractivity contribution in [3.8, 4) is 0 Å². The fourth-order valence-corrected chi connectivity index (χ4v) is 18.7. The summed E-state index contributed by atoms with van der Waals surface area (Å²) in [6, 6.07) is 16.7. The molecule has 8 fully saturated rings. The highest BCUT2D eigenvalue weighted by molar-refractivity contribution is 5.76. The van der Waals surface area contributed by atoms with Crippen LogP contribution < -0.4 is 22.2 Å². The maximum absolute atomic E-state index is 12.8. The van der Waals surface area contributed by atoms with Crippen molar-refractivity contribution >= 4 is 66.7 Å². The predicted octanol–water partition coefficient (Wildman–Crippen LogP) is 9.93. The first-order valence-corrected chi connectivity index (χ1v) is 42.2. The molecule has 36 nitrogen and oxygen atoms in total. The summed E-state index contributed by atoms with van der Waals surface area (Å²) in [5, 5.41) is 38.2. The standard InChI is InChI=1S/4C21H23N7O2/c4*1-12-2-5-18-23-17(11-27(18)26-12)14-3-4-15(14)19-24-20-16(21(29)25-19)10-22-28(20)13-6-8-30-9-7-13/h4*2,5,10-11,13-15H,3-4,6-9H2,1H3,(H,24,25,29)/t2*14-,15+;14-,15-;/m101./s1. The highest BCUT2D eigenvalue weighted by atomic mass is 16.5. The Kier molecular flexibility index (Phi) is 19.5. The van der Waals surface area contributed by atoms with Crippen molar-refractivity contribution in [3.63, 3.8) is 0 Å². The van der Waals surface area contributed by atoms with Crippen LogP contribution >= 0.6 is 0 Å². The molecule has 0 radical (unpaired) electrons. The van der Waals surface area contributed by atoms with E-state index in [1.165, 1.54) is 0 Å². The van der Waals surface area contributed by atoms with Crippen LogP contribution in [0.4, 0.5) is 0 Å². The van der Waals surface area contributed by atoms with Crippen molar-refractivity contribution in [2.75, 3.05) is 52.9 Å². The van der Waals surface area contributed by atoms with Gasteiger partial charge in [-0.2, -0.15) is 40.8 Å². The van der Waals surface area contributed by atoms with E-state index in [4.69, 9.17) is 58.8 Å². The summed E-state index contributed by atoms with van der Waals surface area (Å²) in [5.41, 5.74) is 13.4. The fourth-order valence-electron chi connectivity index (χ4n) is 18.7. The third kappa shape index (κ3) is 14.0. The number of aromatic nitrogens is 28. The monoisotopic (exact) mass is 1620 g/mol. The second-order valence-electron chi connectivity index (χ2n) is 33.4. The third-order valence-corrected chi connectivity index (χ3v) is 26.0. The van der Waals surface area contributed by atoms with Gasteiger partial charge in [-0.25, -0.2) is 76.7 Å². The summed E-state index contributed by atoms with van der Waals surface area (Å²) in [6.45, 7) is 13.6. The van der Waals surface area contributed by atoms with E-state index in [1.807, 2.05) is 138 Å². The summed E-state index contributed by atoms with van der Waals surface area (Å²) in [5.74, 6) is 4.43. The first kappa shape index (κ1) is 75.2. The van der Waals surface area contributed by atoms with Crippen LogP contribution in [0.3, 0.4) is 0 Å². The van der Waals surface area contributed by atoms with Gasteiger partial charge in [0.15, 0.2) is 45.2 Å². The molecule has 8 aliphatic rings. The largest absolute Gasteiger partial charge is 0.381 e. The molecule has 24 rings (SSSR count). The highest BCUT2D eigenvalue weighted by Crippen LogP contribution is 2.51. The van der Waals surface area contributed by atoms with Gasteiger partial charge in [0.1, 0.15) is 44.8 Å². The Morgan fingerprint density at radius 2 is 0.483 bits per heavy atom. The zero-order valence-corrected chi connectivity index (χ0v) is 67.1. The molecule has 0 spiro atoms. The van der Waals surface area contributed by atoms with Gasteiger partial charge in [0, 0.05) is 100 Å². The molecule has 0 bridgehead atoms. The molecule has 4 N–H and O–H groups in total. The number of hydrogen-bond donors (Lipinski definition) is 4. The second kappa shape index (κ2) is 31.1. The molecule has 8 atom stereocenters. The molecule has 4 saturated carbocycles. The number of imidazole rings is 4. The maximum atomic E-state index is 12.8. The lowest BCUT2D eigenvalue weighted by atomic mass is 9.71. The van der Waals surface area contributed by atoms with E-state index in [2.05, 4.69) is 60.7 Å². The smallest absolute Gasteiger partial charge is 0.262 e. The molecule has 0 amide bonds. The molecule has 16 aromatic rings. The average Bonchev–Trinajstić information content (AvgIpc) is 1.74. The Bertz CT molecular complexity index is 6000. The lowest BCUT2D eigenvalue weighted by Crippen LogP contribution is -2.27. The van der Waals surface area contributed by atoms with Gasteiger partial charge in [-0.15, -0.1) is 0 Å². The predicted molar refractivity (Wildman–Crippen MR) is 439 cm³/mol. The molecule has 4 aliphatic carbocycles. The van der Waals surface area contributed by atoms with Crippen molar-refractivity contribution in [2.24, 2.45) is 0 Å². The molecule has 4 saturated heterocycles. The zero-order chi connectivity index (χ0) is 81.0. The summed E-state index contributed by atoms with van der Waals surface area (Å²) in [7, 11) is 0. The van der Waals surface area contributed by atoms with Crippen molar-refractivity contribution in [3.05, 3.63) is 208 Å². The third-order valence-electron chi connectivity index (χ3n) is 26.0. The number of H-pyrrole nitrogens is 4. The van der Waals surface area contributed by atoms with Crippen molar-refractivity contribution in [1.82, 2.24) is 137 Å². The normalized spacial score (nSPS) is 22.6. The van der Waals surface area contributed by atoms with Gasteiger partial charge in [0.2, 0.25) is 0 Å². The van der Waals surface area contributed by atoms with Crippen molar-refractivity contribution in [2.45, 2.75) is 202 Å². The van der Waals surface area contributed by atoms with Gasteiger partial charge in [-0.3, -0.25) is 19.2 Å². The Labute approximate surface area is 683 Å². The SMILES string of the molecule is Cc1ccc2nc(C3CCC3c3nc4c(cnn4C4CCOCC4)c(=O)[nH]3)cn2n1.Cc1ccc2nc([C@@H]3CC[C@@H]3c3nc4c(cnn4C4CCOCC4)c(=O)[nH]3)cn2n1.Cc1ccc2nc([C@@H]3CC[C@H]3c3nc4c(cnn4C4CCOCC4)c(=O)[nH]3)cn2n1.Cc1ccc2nc([C@H]3CC[C@H]3c3nc4c(cnn4C4CCOCC4)c(=O)[nH]3)cn2n1. The first-order valence-electron chi connectivity index (χ1n) is 42.2. The van der Waals surface area contributed by atoms with Gasteiger partial charge >= 0.3 is 0 Å². The van der Waals surface area contributed by atoms with Crippen LogP contribution in [0, 0.1) is 27.7 Å². The number of hydrogen-bond acceptors (Lipinski definition) is 24. The van der Waals surface area contributed by atoms with Crippen LogP contribution in [0.15, 0.2) is 117 Å². The van der Waals surface area contributed by atoms with E-state index in [0.717, 1.165) is 194 Å². The quantitative estimate of drug-likeness (QED) is 0.0883. The number of nitrogens with one attached hydrogen (secondary N) is 4. The van der Waals surface area contributed by atoms with Gasteiger partial charge in [0.05, 0.1) is 119 Å². The van der Waals surface area contributed by atoms with Crippen LogP contribution in [-0.2, 0) is 18.9 Å². The molecule has 2 unspecified atom stereocenters. The number of nitrogens with zero attached hydrogens (tertiary/aromatic N) is 24. The first-order chi connectivity index (χ1) is 58.7. The van der Waals surface area contributed by atoms with E-state index in [1.54, 1.807) is 24.8 Å². The molecule has 20 heterocycles. The lowest BCUT2D eigenvalue weighted by Gasteiger charge is -2.34. The summed E-state index contributed by atoms with van der Waals surface area (Å²) < 4.78 is 36.9. The molecular formula is C84H92N28O8. The molecule has 4 aliphatic heterocycles. The van der Waals surface area contributed by atoms with Crippen LogP contribution in [0.25, 0.3) is 66.7 Å². The molecule has 616 valence electrons. The van der Waals surface area contributed by atoms with Crippen LogP contribution in [0.2, 0.25) is 0 Å². The Hall–Kier alpha value is -12.3. The van der Waals surface area contributed by atoms with E-state index >= 15 is 0 Å². The number of fused-ring (bicyclic) bond motifs is 8. The molecule has 36 heteroatoms. The minimum atomic E-state index is -0.119. The van der Waals surface area contributed by atoms with Gasteiger partial charge in [-0.1, -0.05) is 0 Å². The average molecular weight is 1620 g/mol. The number of aryl methyl sites for hydroxylation is 4. The topological polar surface area (TPSA) is 412 Å². The highest BCUT2D eigenvalue weighted by Gasteiger charge is 2.42. The van der Waals surface area contributed by atoms with Crippen molar-refractivity contribution < 1.29 is 18.9 Å². The Morgan fingerprint density at radius 1 is 0.275 bits per heavy atom. The Balaban J connectivity index is 0.0000000990. The second-order valence-corrected chi connectivity index (χ2v) is 33.4. The number of ether oxygens (including phenoxy) is 4. The lowest BCUT2D eigenvalue weighted by molar-refractivity contribution is 0.0672. The van der Waals surface area contributed by atoms with Crippen LogP contribution in [-0.4, -0.2) is 190 Å². The van der Waals surface area contributed by atoms with Gasteiger partial charge in [-0.05, 0) is 179 Å². The summed E-state index contributed by atoms with van der Waals surface area (Å²) in [6.07, 6.45) is 29.7. The molecule has 120 heavy (non-hydrogen) atoms. The molecule has 0 aromatic carbocycles. The number of aromatic amines is 4. The van der Waals surface area contributed by atoms with Crippen LogP contribution in [0.1, 0.15) is 243 Å². The summed E-state index contributed by atoms with van der Waals surface area (Å²) >= 11 is 0. The zero-order valence-electron chi connectivity index (χ0n) is 67.1. The van der Waals surface area contributed by atoms with E-state index in [9.17, 15) is 19.2 Å². The minimum absolute atomic E-state index is 0.119. The van der Waals surface area contributed by atoms with Crippen molar-refractivity contribution in [1.29, 1.82) is 0 Å². The van der Waals surface area contributed by atoms with E-state index in [-0.39, 0.29) is 93.7 Å². The van der Waals surface area contributed by atoms with Crippen LogP contribution in [0.5, 0.6) is 0 Å². The van der Waals surface area contributed by atoms with E-state index < -0.39 is 0 Å². The summed E-state index contributed by atoms with van der Waals surface area (Å²) in [4.78, 5) is 102. The van der Waals surface area contributed by atoms with E-state index in [0.29, 0.717) is 97.0 Å². The Morgan fingerprint density at radius 3 is 0.683 bits per heavy atom. The maximum Gasteiger partial charge on any atom is 0.262 e. The molecular weight excluding hydrogens is 1530 g/mol. The number of rotatable bonds is 12. The molecule has 16 aromatic heterocycles. The minimum Gasteiger partial charge on any atom is -0.381 e.